The predicted octanol–water partition coefficient (Wildman–Crippen LogP) is 1.35. The van der Waals surface area contributed by atoms with Crippen LogP contribution >= 0.6 is 0 Å². The Kier molecular flexibility index (Phi) is 6.96. The Morgan fingerprint density at radius 1 is 1.23 bits per heavy atom. The maximum atomic E-state index is 12.8. The summed E-state index contributed by atoms with van der Waals surface area (Å²) in [6, 6.07) is 4.73. The Morgan fingerprint density at radius 2 is 1.82 bits per heavy atom. The topological polar surface area (TPSA) is 75.3 Å². The highest BCUT2D eigenvalue weighted by Crippen LogP contribution is 2.15. The Morgan fingerprint density at radius 3 is 2.36 bits per heavy atom. The number of sulfone groups is 1. The van der Waals surface area contributed by atoms with Crippen LogP contribution in [0.15, 0.2) is 29.2 Å². The Hall–Kier alpha value is -1.47. The number of nitrogens with one attached hydrogen (secondary N) is 2. The Bertz CT molecular complexity index is 587. The first-order chi connectivity index (χ1) is 10.3. The molecule has 0 aliphatic heterocycles. The fraction of sp³-hybridized carbons (Fsp3) is 0.533. The van der Waals surface area contributed by atoms with E-state index in [1.807, 2.05) is 13.8 Å². The van der Waals surface area contributed by atoms with Crippen LogP contribution in [-0.2, 0) is 14.6 Å². The average molecular weight is 330 g/mol. The lowest BCUT2D eigenvalue weighted by Crippen LogP contribution is -2.41. The van der Waals surface area contributed by atoms with Gasteiger partial charge in [-0.15, -0.1) is 0 Å². The van der Waals surface area contributed by atoms with E-state index in [-0.39, 0.29) is 22.6 Å². The molecule has 1 aromatic carbocycles. The van der Waals surface area contributed by atoms with Crippen LogP contribution in [0.1, 0.15) is 20.8 Å². The quantitative estimate of drug-likeness (QED) is 0.706. The number of hydrogen-bond acceptors (Lipinski definition) is 4. The molecule has 0 saturated heterocycles. The van der Waals surface area contributed by atoms with E-state index < -0.39 is 21.6 Å². The fourth-order valence-corrected chi connectivity index (χ4v) is 3.54. The number of hydrogen-bond donors (Lipinski definition) is 2. The molecule has 1 rings (SSSR count). The van der Waals surface area contributed by atoms with Gasteiger partial charge in [-0.1, -0.05) is 13.8 Å². The number of likely N-dealkylation sites (N-methyl/N-ethyl adjacent to an activating group) is 1. The van der Waals surface area contributed by atoms with Crippen LogP contribution in [0.25, 0.3) is 0 Å². The number of carbonyl (C=O) groups is 1. The molecule has 1 unspecified atom stereocenters. The van der Waals surface area contributed by atoms with Gasteiger partial charge >= 0.3 is 0 Å². The first-order valence-electron chi connectivity index (χ1n) is 7.25. The minimum Gasteiger partial charge on any atom is -0.354 e. The molecule has 0 fully saturated rings. The van der Waals surface area contributed by atoms with Crippen molar-refractivity contribution in [1.82, 2.24) is 10.6 Å². The molecule has 0 spiro atoms. The van der Waals surface area contributed by atoms with Gasteiger partial charge in [0.1, 0.15) is 5.82 Å². The summed E-state index contributed by atoms with van der Waals surface area (Å²) in [6.45, 7) is 6.70. The van der Waals surface area contributed by atoms with Crippen molar-refractivity contribution < 1.29 is 17.6 Å². The van der Waals surface area contributed by atoms with Crippen molar-refractivity contribution in [3.63, 3.8) is 0 Å². The molecule has 124 valence electrons. The van der Waals surface area contributed by atoms with Gasteiger partial charge in [0, 0.05) is 18.5 Å². The number of rotatable bonds is 8. The minimum atomic E-state index is -3.61. The highest BCUT2D eigenvalue weighted by atomic mass is 32.2. The van der Waals surface area contributed by atoms with Crippen molar-refractivity contribution in [2.24, 2.45) is 5.92 Å². The zero-order valence-corrected chi connectivity index (χ0v) is 13.9. The second kappa shape index (κ2) is 8.24. The van der Waals surface area contributed by atoms with E-state index in [4.69, 9.17) is 0 Å². The van der Waals surface area contributed by atoms with Crippen LogP contribution in [0.4, 0.5) is 4.39 Å². The number of carbonyl (C=O) groups excluding carboxylic acids is 1. The molecule has 2 atom stereocenters. The van der Waals surface area contributed by atoms with E-state index in [9.17, 15) is 17.6 Å². The van der Waals surface area contributed by atoms with Gasteiger partial charge in [-0.3, -0.25) is 4.79 Å². The lowest BCUT2D eigenvalue weighted by molar-refractivity contribution is -0.123. The first-order valence-corrected chi connectivity index (χ1v) is 8.91. The SMILES string of the molecule is CCN[C@H](C)CNC(=O)C(C)CS(=O)(=O)c1ccc(F)cc1. The summed E-state index contributed by atoms with van der Waals surface area (Å²) in [5.74, 6) is -1.79. The second-order valence-corrected chi connectivity index (χ2v) is 7.37. The van der Waals surface area contributed by atoms with Crippen LogP contribution in [0, 0.1) is 11.7 Å². The Labute approximate surface area is 131 Å². The van der Waals surface area contributed by atoms with Gasteiger partial charge < -0.3 is 10.6 Å². The molecule has 5 nitrogen and oxygen atoms in total. The van der Waals surface area contributed by atoms with Crippen molar-refractivity contribution in [1.29, 1.82) is 0 Å². The molecule has 1 aromatic rings. The minimum absolute atomic E-state index is 0.0227. The normalized spacial score (nSPS) is 14.4. The molecule has 0 saturated carbocycles. The molecule has 0 heterocycles. The van der Waals surface area contributed by atoms with E-state index >= 15 is 0 Å². The third-order valence-electron chi connectivity index (χ3n) is 3.22. The standard InChI is InChI=1S/C15H23FN2O3S/c1-4-17-12(3)9-18-15(19)11(2)10-22(20,21)14-7-5-13(16)6-8-14/h5-8,11-12,17H,4,9-10H2,1-3H3,(H,18,19)/t11?,12-/m1/s1. The summed E-state index contributed by atoms with van der Waals surface area (Å²) >= 11 is 0. The van der Waals surface area contributed by atoms with Crippen molar-refractivity contribution in [2.45, 2.75) is 31.7 Å². The number of halogens is 1. The van der Waals surface area contributed by atoms with Gasteiger partial charge in [-0.2, -0.15) is 0 Å². The summed E-state index contributed by atoms with van der Waals surface area (Å²) in [7, 11) is -3.61. The van der Waals surface area contributed by atoms with Crippen molar-refractivity contribution in [3.05, 3.63) is 30.1 Å². The molecule has 2 N–H and O–H groups in total. The molecule has 0 radical (unpaired) electrons. The highest BCUT2D eigenvalue weighted by Gasteiger charge is 2.23. The highest BCUT2D eigenvalue weighted by molar-refractivity contribution is 7.91. The van der Waals surface area contributed by atoms with Gasteiger partial charge in [0.25, 0.3) is 0 Å². The molecular weight excluding hydrogens is 307 g/mol. The maximum absolute atomic E-state index is 12.8. The van der Waals surface area contributed by atoms with Crippen molar-refractivity contribution >= 4 is 15.7 Å². The second-order valence-electron chi connectivity index (χ2n) is 5.34. The third kappa shape index (κ3) is 5.73. The van der Waals surface area contributed by atoms with Gasteiger partial charge in [0.05, 0.1) is 10.6 Å². The Balaban J connectivity index is 2.61. The molecule has 22 heavy (non-hydrogen) atoms. The molecule has 0 bridgehead atoms. The lowest BCUT2D eigenvalue weighted by atomic mass is 10.2. The number of amides is 1. The van der Waals surface area contributed by atoms with Crippen LogP contribution in [0.5, 0.6) is 0 Å². The third-order valence-corrected chi connectivity index (χ3v) is 5.15. The summed E-state index contributed by atoms with van der Waals surface area (Å²) < 4.78 is 37.2. The molecular formula is C15H23FN2O3S. The average Bonchev–Trinajstić information content (AvgIpc) is 2.45. The predicted molar refractivity (Wildman–Crippen MR) is 83.8 cm³/mol. The van der Waals surface area contributed by atoms with E-state index in [0.29, 0.717) is 6.54 Å². The summed E-state index contributed by atoms with van der Waals surface area (Å²) in [5, 5.41) is 5.87. The zero-order valence-electron chi connectivity index (χ0n) is 13.1. The van der Waals surface area contributed by atoms with Crippen LogP contribution in [0.3, 0.4) is 0 Å². The van der Waals surface area contributed by atoms with Gasteiger partial charge in [0.15, 0.2) is 9.84 Å². The van der Waals surface area contributed by atoms with E-state index in [1.54, 1.807) is 6.92 Å². The van der Waals surface area contributed by atoms with Gasteiger partial charge in [-0.05, 0) is 37.7 Å². The molecule has 0 aliphatic rings. The van der Waals surface area contributed by atoms with Gasteiger partial charge in [-0.25, -0.2) is 12.8 Å². The largest absolute Gasteiger partial charge is 0.354 e. The van der Waals surface area contributed by atoms with E-state index in [0.717, 1.165) is 18.7 Å². The van der Waals surface area contributed by atoms with E-state index in [2.05, 4.69) is 10.6 Å². The monoisotopic (exact) mass is 330 g/mol. The van der Waals surface area contributed by atoms with Crippen molar-refractivity contribution in [2.75, 3.05) is 18.8 Å². The molecule has 7 heteroatoms. The first kappa shape index (κ1) is 18.6. The maximum Gasteiger partial charge on any atom is 0.223 e. The smallest absolute Gasteiger partial charge is 0.223 e. The van der Waals surface area contributed by atoms with Gasteiger partial charge in [0.2, 0.25) is 5.91 Å². The molecule has 1 amide bonds. The number of benzene rings is 1. The lowest BCUT2D eigenvalue weighted by Gasteiger charge is -2.16. The zero-order chi connectivity index (χ0) is 16.8. The van der Waals surface area contributed by atoms with Crippen LogP contribution in [-0.4, -0.2) is 39.2 Å². The molecule has 0 aliphatic carbocycles. The van der Waals surface area contributed by atoms with E-state index in [1.165, 1.54) is 12.1 Å². The summed E-state index contributed by atoms with van der Waals surface area (Å²) in [6.07, 6.45) is 0. The van der Waals surface area contributed by atoms with Crippen molar-refractivity contribution in [3.8, 4) is 0 Å². The van der Waals surface area contributed by atoms with Crippen LogP contribution in [0.2, 0.25) is 0 Å². The fourth-order valence-electron chi connectivity index (χ4n) is 1.99. The summed E-state index contributed by atoms with van der Waals surface area (Å²) in [4.78, 5) is 12.0. The molecule has 0 aromatic heterocycles. The van der Waals surface area contributed by atoms with Crippen LogP contribution < -0.4 is 10.6 Å². The summed E-state index contributed by atoms with van der Waals surface area (Å²) in [5.41, 5.74) is 0.